The smallest absolute Gasteiger partial charge is 0.323 e. The van der Waals surface area contributed by atoms with Crippen LogP contribution in [-0.4, -0.2) is 22.6 Å². The van der Waals surface area contributed by atoms with Crippen molar-refractivity contribution in [3.05, 3.63) is 47.2 Å². The summed E-state index contributed by atoms with van der Waals surface area (Å²) in [4.78, 5) is 14.3. The van der Waals surface area contributed by atoms with Crippen LogP contribution in [0.25, 0.3) is 0 Å². The molecule has 1 saturated heterocycles. The van der Waals surface area contributed by atoms with Crippen LogP contribution in [0.1, 0.15) is 35.8 Å². The Kier molecular flexibility index (Phi) is 3.64. The number of amides is 2. The summed E-state index contributed by atoms with van der Waals surface area (Å²) in [6.07, 6.45) is 2.01. The van der Waals surface area contributed by atoms with Crippen molar-refractivity contribution in [1.29, 1.82) is 0 Å². The number of hydrogen-bond donors (Lipinski definition) is 1. The lowest BCUT2D eigenvalue weighted by Gasteiger charge is -2.26. The van der Waals surface area contributed by atoms with Gasteiger partial charge in [-0.3, -0.25) is 5.32 Å². The molecule has 2 aromatic rings. The van der Waals surface area contributed by atoms with Crippen LogP contribution >= 0.6 is 0 Å². The number of likely N-dealkylation sites (tertiary alicyclic amines) is 1. The number of nitrogens with one attached hydrogen (secondary N) is 1. The fraction of sp³-hybridized carbons (Fsp3) is 0.375. The lowest BCUT2D eigenvalue weighted by Crippen LogP contribution is -2.34. The van der Waals surface area contributed by atoms with Gasteiger partial charge in [0, 0.05) is 12.6 Å². The highest BCUT2D eigenvalue weighted by molar-refractivity contribution is 5.88. The highest BCUT2D eigenvalue weighted by Crippen LogP contribution is 2.33. The molecule has 110 valence electrons. The quantitative estimate of drug-likeness (QED) is 0.916. The van der Waals surface area contributed by atoms with Gasteiger partial charge >= 0.3 is 6.03 Å². The summed E-state index contributed by atoms with van der Waals surface area (Å²) in [6, 6.07) is 9.98. The molecule has 1 aliphatic heterocycles. The molecule has 1 N–H and O–H groups in total. The molecule has 0 spiro atoms. The van der Waals surface area contributed by atoms with E-state index in [1.54, 1.807) is 13.0 Å². The van der Waals surface area contributed by atoms with E-state index in [1.807, 2.05) is 17.0 Å². The van der Waals surface area contributed by atoms with E-state index < -0.39 is 0 Å². The van der Waals surface area contributed by atoms with Crippen LogP contribution in [0.15, 0.2) is 34.9 Å². The molecule has 2 heterocycles. The second-order valence-corrected chi connectivity index (χ2v) is 5.46. The molecule has 21 heavy (non-hydrogen) atoms. The maximum atomic E-state index is 12.5. The van der Waals surface area contributed by atoms with Gasteiger partial charge in [0.15, 0.2) is 5.82 Å². The highest BCUT2D eigenvalue weighted by Gasteiger charge is 2.31. The first-order chi connectivity index (χ1) is 10.1. The average molecular weight is 285 g/mol. The summed E-state index contributed by atoms with van der Waals surface area (Å²) in [5.74, 6) is 1.15. The molecular weight excluding hydrogens is 266 g/mol. The third-order valence-corrected chi connectivity index (χ3v) is 3.92. The van der Waals surface area contributed by atoms with E-state index >= 15 is 0 Å². The molecule has 0 aliphatic carbocycles. The Balaban J connectivity index is 1.77. The van der Waals surface area contributed by atoms with Gasteiger partial charge in [-0.1, -0.05) is 29.4 Å². The summed E-state index contributed by atoms with van der Waals surface area (Å²) in [6.45, 7) is 4.65. The zero-order chi connectivity index (χ0) is 14.8. The second kappa shape index (κ2) is 5.60. The monoisotopic (exact) mass is 285 g/mol. The molecule has 1 fully saturated rings. The third-order valence-electron chi connectivity index (χ3n) is 3.92. The molecule has 5 heteroatoms. The molecular formula is C16H19N3O2. The number of anilines is 1. The van der Waals surface area contributed by atoms with Gasteiger partial charge in [0.2, 0.25) is 0 Å². The lowest BCUT2D eigenvalue weighted by atomic mass is 9.99. The first kappa shape index (κ1) is 13.7. The number of carbonyl (C=O) groups is 1. The maximum absolute atomic E-state index is 12.5. The number of rotatable bonds is 2. The number of aryl methyl sites for hydroxylation is 2. The summed E-state index contributed by atoms with van der Waals surface area (Å²) in [5, 5.41) is 6.61. The number of nitrogens with zero attached hydrogens (tertiary/aromatic N) is 2. The van der Waals surface area contributed by atoms with E-state index in [-0.39, 0.29) is 12.1 Å². The Labute approximate surface area is 123 Å². The van der Waals surface area contributed by atoms with E-state index in [1.165, 1.54) is 11.1 Å². The van der Waals surface area contributed by atoms with Crippen molar-refractivity contribution in [2.24, 2.45) is 0 Å². The van der Waals surface area contributed by atoms with Crippen molar-refractivity contribution in [2.45, 2.75) is 32.7 Å². The molecule has 5 nitrogen and oxygen atoms in total. The van der Waals surface area contributed by atoms with Crippen LogP contribution in [0.3, 0.4) is 0 Å². The number of urea groups is 1. The zero-order valence-electron chi connectivity index (χ0n) is 12.3. The fourth-order valence-electron chi connectivity index (χ4n) is 2.90. The van der Waals surface area contributed by atoms with E-state index in [0.717, 1.165) is 19.4 Å². The zero-order valence-corrected chi connectivity index (χ0v) is 12.3. The van der Waals surface area contributed by atoms with Gasteiger partial charge < -0.3 is 9.42 Å². The number of hydrogen-bond acceptors (Lipinski definition) is 3. The van der Waals surface area contributed by atoms with Crippen molar-refractivity contribution in [1.82, 2.24) is 10.1 Å². The minimum Gasteiger partial charge on any atom is -0.360 e. The molecule has 1 unspecified atom stereocenters. The molecule has 1 aromatic carbocycles. The van der Waals surface area contributed by atoms with Gasteiger partial charge in [0.25, 0.3) is 0 Å². The van der Waals surface area contributed by atoms with Crippen molar-refractivity contribution < 1.29 is 9.32 Å². The minimum atomic E-state index is -0.117. The third kappa shape index (κ3) is 2.77. The largest absolute Gasteiger partial charge is 0.360 e. The highest BCUT2D eigenvalue weighted by atomic mass is 16.5. The van der Waals surface area contributed by atoms with Crippen LogP contribution in [0, 0.1) is 13.8 Å². The average Bonchev–Trinajstić information content (AvgIpc) is 3.08. The summed E-state index contributed by atoms with van der Waals surface area (Å²) in [7, 11) is 0. The van der Waals surface area contributed by atoms with E-state index in [0.29, 0.717) is 11.6 Å². The Morgan fingerprint density at radius 1 is 1.38 bits per heavy atom. The molecule has 1 aliphatic rings. The first-order valence-electron chi connectivity index (χ1n) is 7.21. The van der Waals surface area contributed by atoms with Gasteiger partial charge in [-0.25, -0.2) is 4.79 Å². The van der Waals surface area contributed by atoms with Gasteiger partial charge in [-0.05, 0) is 37.8 Å². The molecule has 0 bridgehead atoms. The predicted octanol–water partition coefficient (Wildman–Crippen LogP) is 3.66. The number of benzene rings is 1. The SMILES string of the molecule is Cc1cc(NC(=O)N2CCCC2c2ccccc2C)no1. The van der Waals surface area contributed by atoms with Crippen LogP contribution < -0.4 is 5.32 Å². The first-order valence-corrected chi connectivity index (χ1v) is 7.21. The summed E-state index contributed by atoms with van der Waals surface area (Å²) in [5.41, 5.74) is 2.45. The van der Waals surface area contributed by atoms with Gasteiger partial charge in [0.05, 0.1) is 6.04 Å². The summed E-state index contributed by atoms with van der Waals surface area (Å²) < 4.78 is 4.98. The predicted molar refractivity (Wildman–Crippen MR) is 80.1 cm³/mol. The van der Waals surface area contributed by atoms with Crippen LogP contribution in [0.2, 0.25) is 0 Å². The summed E-state index contributed by atoms with van der Waals surface area (Å²) >= 11 is 0. The van der Waals surface area contributed by atoms with E-state index in [9.17, 15) is 4.79 Å². The van der Waals surface area contributed by atoms with E-state index in [2.05, 4.69) is 29.5 Å². The molecule has 1 atom stereocenters. The molecule has 3 rings (SSSR count). The lowest BCUT2D eigenvalue weighted by molar-refractivity contribution is 0.206. The Hall–Kier alpha value is -2.30. The maximum Gasteiger partial charge on any atom is 0.323 e. The van der Waals surface area contributed by atoms with Crippen molar-refractivity contribution in [2.75, 3.05) is 11.9 Å². The normalized spacial score (nSPS) is 18.0. The topological polar surface area (TPSA) is 58.4 Å². The van der Waals surface area contributed by atoms with Crippen molar-refractivity contribution >= 4 is 11.8 Å². The van der Waals surface area contributed by atoms with Gasteiger partial charge in [-0.2, -0.15) is 0 Å². The Bertz CT molecular complexity index is 650. The molecule has 1 aromatic heterocycles. The van der Waals surface area contributed by atoms with Crippen LogP contribution in [0.4, 0.5) is 10.6 Å². The molecule has 0 saturated carbocycles. The number of carbonyl (C=O) groups excluding carboxylic acids is 1. The second-order valence-electron chi connectivity index (χ2n) is 5.46. The van der Waals surface area contributed by atoms with Gasteiger partial charge in [-0.15, -0.1) is 0 Å². The Morgan fingerprint density at radius 2 is 2.19 bits per heavy atom. The van der Waals surface area contributed by atoms with E-state index in [4.69, 9.17) is 4.52 Å². The minimum absolute atomic E-state index is 0.117. The standard InChI is InChI=1S/C16H19N3O2/c1-11-6-3-4-7-13(11)14-8-5-9-19(14)16(20)17-15-10-12(2)21-18-15/h3-4,6-7,10,14H,5,8-9H2,1-2H3,(H,17,18,20). The van der Waals surface area contributed by atoms with Crippen molar-refractivity contribution in [3.8, 4) is 0 Å². The van der Waals surface area contributed by atoms with Crippen LogP contribution in [-0.2, 0) is 0 Å². The Morgan fingerprint density at radius 3 is 2.90 bits per heavy atom. The van der Waals surface area contributed by atoms with Gasteiger partial charge in [0.1, 0.15) is 5.76 Å². The van der Waals surface area contributed by atoms with Crippen molar-refractivity contribution in [3.63, 3.8) is 0 Å². The van der Waals surface area contributed by atoms with Crippen LogP contribution in [0.5, 0.6) is 0 Å². The molecule has 2 amide bonds. The molecule has 0 radical (unpaired) electrons. The number of aromatic nitrogens is 1. The fourth-order valence-corrected chi connectivity index (χ4v) is 2.90.